The summed E-state index contributed by atoms with van der Waals surface area (Å²) in [4.78, 5) is 0. The Bertz CT molecular complexity index is 939. The number of rotatable bonds is 7. The van der Waals surface area contributed by atoms with Crippen molar-refractivity contribution in [2.75, 3.05) is 19.8 Å². The fourth-order valence-electron chi connectivity index (χ4n) is 4.13. The van der Waals surface area contributed by atoms with Gasteiger partial charge in [0.25, 0.3) is 0 Å². The van der Waals surface area contributed by atoms with Crippen molar-refractivity contribution in [2.24, 2.45) is 5.92 Å². The van der Waals surface area contributed by atoms with Gasteiger partial charge in [-0.15, -0.1) is 0 Å². The second-order valence-electron chi connectivity index (χ2n) is 8.07. The van der Waals surface area contributed by atoms with Crippen LogP contribution in [0.4, 0.5) is 13.2 Å². The minimum atomic E-state index is -1.18. The molecule has 4 rings (SSSR count). The van der Waals surface area contributed by atoms with E-state index in [0.29, 0.717) is 30.4 Å². The van der Waals surface area contributed by atoms with Crippen LogP contribution in [0.5, 0.6) is 23.0 Å². The molecule has 2 aromatic carbocycles. The fraction of sp³-hybridized carbons (Fsp3) is 0.500. The predicted molar refractivity (Wildman–Crippen MR) is 110 cm³/mol. The first-order valence-corrected chi connectivity index (χ1v) is 10.9. The first kappa shape index (κ1) is 21.8. The Labute approximate surface area is 180 Å². The van der Waals surface area contributed by atoms with Crippen molar-refractivity contribution >= 4 is 0 Å². The van der Waals surface area contributed by atoms with Crippen molar-refractivity contribution in [1.82, 2.24) is 0 Å². The summed E-state index contributed by atoms with van der Waals surface area (Å²) in [6, 6.07) is 4.64. The number of ether oxygens (including phenoxy) is 4. The highest BCUT2D eigenvalue weighted by Gasteiger charge is 2.30. The average Bonchev–Trinajstić information content (AvgIpc) is 2.77. The van der Waals surface area contributed by atoms with Crippen LogP contribution in [0.25, 0.3) is 0 Å². The summed E-state index contributed by atoms with van der Waals surface area (Å²) in [6.45, 7) is 4.94. The molecule has 0 N–H and O–H groups in total. The van der Waals surface area contributed by atoms with E-state index in [-0.39, 0.29) is 41.9 Å². The summed E-state index contributed by atoms with van der Waals surface area (Å²) >= 11 is 0. The molecule has 2 heterocycles. The molecule has 0 saturated carbocycles. The number of fused-ring (bicyclic) bond motifs is 2. The highest BCUT2D eigenvalue weighted by molar-refractivity contribution is 5.55. The van der Waals surface area contributed by atoms with Crippen molar-refractivity contribution in [1.29, 1.82) is 0 Å². The van der Waals surface area contributed by atoms with Crippen molar-refractivity contribution < 1.29 is 32.1 Å². The molecule has 2 unspecified atom stereocenters. The lowest BCUT2D eigenvalue weighted by molar-refractivity contribution is -0.0310. The molecule has 7 heteroatoms. The van der Waals surface area contributed by atoms with E-state index in [2.05, 4.69) is 6.92 Å². The van der Waals surface area contributed by atoms with E-state index in [1.165, 1.54) is 6.07 Å². The summed E-state index contributed by atoms with van der Waals surface area (Å²) in [6.07, 6.45) is 4.58. The fourth-order valence-corrected chi connectivity index (χ4v) is 4.13. The second-order valence-corrected chi connectivity index (χ2v) is 8.07. The molecule has 1 saturated heterocycles. The topological polar surface area (TPSA) is 36.9 Å². The third kappa shape index (κ3) is 4.47. The van der Waals surface area contributed by atoms with Crippen molar-refractivity contribution in [2.45, 2.75) is 52.1 Å². The second kappa shape index (κ2) is 9.39. The largest absolute Gasteiger partial charge is 0.491 e. The van der Waals surface area contributed by atoms with Crippen molar-refractivity contribution in [3.8, 4) is 23.0 Å². The standard InChI is InChI=1S/C24H27F3O4/c1-3-5-17-8-6-14(12-29-17)13-30-18-9-7-15-10-16-11-19(28-4-2)20(25)22(27)24(16)31-23(15)21(18)26/h7,9,11,14,17H,3-6,8,10,12-13H2,1-2H3. The highest BCUT2D eigenvalue weighted by atomic mass is 19.2. The average molecular weight is 436 g/mol. The van der Waals surface area contributed by atoms with Gasteiger partial charge in [0.2, 0.25) is 17.5 Å². The zero-order valence-electron chi connectivity index (χ0n) is 17.8. The lowest BCUT2D eigenvalue weighted by Gasteiger charge is -2.29. The minimum absolute atomic E-state index is 0.0321. The SMILES string of the molecule is CCCC1CCC(COc2ccc3c(c2F)Oc2c(cc(OCC)c(F)c2F)C3)CO1. The van der Waals surface area contributed by atoms with Crippen LogP contribution >= 0.6 is 0 Å². The molecule has 0 amide bonds. The van der Waals surface area contributed by atoms with E-state index in [1.807, 2.05) is 0 Å². The number of benzene rings is 2. The van der Waals surface area contributed by atoms with Gasteiger partial charge in [-0.3, -0.25) is 0 Å². The Kier molecular flexibility index (Phi) is 6.60. The molecule has 2 atom stereocenters. The molecule has 0 bridgehead atoms. The van der Waals surface area contributed by atoms with E-state index in [1.54, 1.807) is 19.1 Å². The molecule has 2 aliphatic rings. The lowest BCUT2D eigenvalue weighted by atomic mass is 9.97. The summed E-state index contributed by atoms with van der Waals surface area (Å²) < 4.78 is 66.0. The first-order chi connectivity index (χ1) is 15.0. The minimum Gasteiger partial charge on any atom is -0.491 e. The van der Waals surface area contributed by atoms with Crippen LogP contribution in [-0.2, 0) is 11.2 Å². The lowest BCUT2D eigenvalue weighted by Crippen LogP contribution is -2.29. The van der Waals surface area contributed by atoms with Gasteiger partial charge in [-0.25, -0.2) is 0 Å². The Morgan fingerprint density at radius 3 is 2.45 bits per heavy atom. The predicted octanol–water partition coefficient (Wildman–Crippen LogP) is 6.17. The molecule has 168 valence electrons. The number of hydrogen-bond acceptors (Lipinski definition) is 4. The molecule has 0 aromatic heterocycles. The van der Waals surface area contributed by atoms with Crippen LogP contribution in [0.2, 0.25) is 0 Å². The van der Waals surface area contributed by atoms with E-state index >= 15 is 4.39 Å². The van der Waals surface area contributed by atoms with Gasteiger partial charge in [0.1, 0.15) is 0 Å². The molecular formula is C24H27F3O4. The van der Waals surface area contributed by atoms with E-state index in [4.69, 9.17) is 18.9 Å². The van der Waals surface area contributed by atoms with Crippen LogP contribution in [0.15, 0.2) is 18.2 Å². The third-order valence-corrected chi connectivity index (χ3v) is 5.78. The van der Waals surface area contributed by atoms with Gasteiger partial charge < -0.3 is 18.9 Å². The van der Waals surface area contributed by atoms with Gasteiger partial charge in [-0.2, -0.15) is 13.2 Å². The maximum atomic E-state index is 15.1. The Balaban J connectivity index is 1.47. The molecule has 4 nitrogen and oxygen atoms in total. The molecule has 0 radical (unpaired) electrons. The van der Waals surface area contributed by atoms with Gasteiger partial charge in [0, 0.05) is 23.5 Å². The molecule has 2 aromatic rings. The van der Waals surface area contributed by atoms with Gasteiger partial charge >= 0.3 is 0 Å². The molecule has 0 spiro atoms. The summed E-state index contributed by atoms with van der Waals surface area (Å²) in [7, 11) is 0. The van der Waals surface area contributed by atoms with Gasteiger partial charge in [0.05, 0.1) is 25.9 Å². The van der Waals surface area contributed by atoms with Crippen LogP contribution < -0.4 is 14.2 Å². The molecule has 1 fully saturated rings. The van der Waals surface area contributed by atoms with Gasteiger partial charge in [0.15, 0.2) is 23.0 Å². The molecule has 2 aliphatic heterocycles. The molecule has 0 aliphatic carbocycles. The maximum Gasteiger partial charge on any atom is 0.207 e. The third-order valence-electron chi connectivity index (χ3n) is 5.78. The highest BCUT2D eigenvalue weighted by Crippen LogP contribution is 2.44. The van der Waals surface area contributed by atoms with Crippen LogP contribution in [0, 0.1) is 23.4 Å². The maximum absolute atomic E-state index is 15.1. The number of hydrogen-bond donors (Lipinski definition) is 0. The van der Waals surface area contributed by atoms with E-state index < -0.39 is 17.5 Å². The Hall–Kier alpha value is -2.41. The number of halogens is 3. The van der Waals surface area contributed by atoms with E-state index in [9.17, 15) is 8.78 Å². The van der Waals surface area contributed by atoms with Gasteiger partial charge in [-0.1, -0.05) is 19.4 Å². The Morgan fingerprint density at radius 1 is 0.935 bits per heavy atom. The summed E-state index contributed by atoms with van der Waals surface area (Å²) in [5, 5.41) is 0. The van der Waals surface area contributed by atoms with Gasteiger partial charge in [-0.05, 0) is 38.3 Å². The van der Waals surface area contributed by atoms with Crippen LogP contribution in [-0.4, -0.2) is 25.9 Å². The van der Waals surface area contributed by atoms with E-state index in [0.717, 1.165) is 25.7 Å². The normalized spacial score (nSPS) is 19.9. The summed E-state index contributed by atoms with van der Waals surface area (Å²) in [5.41, 5.74) is 0.943. The molecule has 31 heavy (non-hydrogen) atoms. The van der Waals surface area contributed by atoms with Crippen molar-refractivity contribution in [3.63, 3.8) is 0 Å². The quantitative estimate of drug-likeness (QED) is 0.444. The molecular weight excluding hydrogens is 409 g/mol. The smallest absolute Gasteiger partial charge is 0.207 e. The summed E-state index contributed by atoms with van der Waals surface area (Å²) in [5.74, 6) is -3.44. The zero-order chi connectivity index (χ0) is 22.0. The monoisotopic (exact) mass is 436 g/mol. The first-order valence-electron chi connectivity index (χ1n) is 10.9. The van der Waals surface area contributed by atoms with Crippen LogP contribution in [0.1, 0.15) is 50.7 Å². The zero-order valence-corrected chi connectivity index (χ0v) is 17.8. The Morgan fingerprint density at radius 2 is 1.74 bits per heavy atom. The van der Waals surface area contributed by atoms with Crippen molar-refractivity contribution in [3.05, 3.63) is 46.8 Å². The van der Waals surface area contributed by atoms with Crippen LogP contribution in [0.3, 0.4) is 0 Å².